The van der Waals surface area contributed by atoms with Gasteiger partial charge in [-0.15, -0.1) is 0 Å². The van der Waals surface area contributed by atoms with Crippen LogP contribution in [0.2, 0.25) is 0 Å². The lowest BCUT2D eigenvalue weighted by Gasteiger charge is -2.41. The number of ether oxygens (including phenoxy) is 1. The topological polar surface area (TPSA) is 53.9 Å². The maximum Gasteiger partial charge on any atom is 0.264 e. The minimum absolute atomic E-state index is 0.0804. The molecule has 32 heavy (non-hydrogen) atoms. The van der Waals surface area contributed by atoms with Crippen molar-refractivity contribution in [2.24, 2.45) is 4.99 Å². The number of aryl methyl sites for hydroxylation is 2. The van der Waals surface area contributed by atoms with E-state index in [0.29, 0.717) is 10.1 Å². The molecule has 2 aliphatic heterocycles. The molecule has 0 saturated carbocycles. The Morgan fingerprint density at radius 2 is 1.88 bits per heavy atom. The normalized spacial score (nSPS) is 19.8. The van der Waals surface area contributed by atoms with Gasteiger partial charge in [-0.1, -0.05) is 12.1 Å². The summed E-state index contributed by atoms with van der Waals surface area (Å²) in [6, 6.07) is 10.2. The maximum atomic E-state index is 12.6. The number of anilines is 1. The highest BCUT2D eigenvalue weighted by atomic mass is 32.2. The largest absolute Gasteiger partial charge is 0.496 e. The van der Waals surface area contributed by atoms with E-state index in [1.54, 1.807) is 7.11 Å². The van der Waals surface area contributed by atoms with E-state index in [4.69, 9.17) is 4.74 Å². The molecule has 0 aliphatic carbocycles. The van der Waals surface area contributed by atoms with E-state index in [1.807, 2.05) is 24.3 Å². The van der Waals surface area contributed by atoms with Gasteiger partial charge in [-0.3, -0.25) is 4.79 Å². The summed E-state index contributed by atoms with van der Waals surface area (Å²) in [6.07, 6.45) is 4.15. The zero-order chi connectivity index (χ0) is 23.2. The molecule has 2 heterocycles. The molecular formula is C26H29N3O2S. The second-order valence-electron chi connectivity index (χ2n) is 8.90. The number of likely N-dealkylation sites (N-methyl/N-ethyl adjacent to an activating group) is 1. The molecule has 1 fully saturated rings. The molecule has 0 radical (unpaired) electrons. The number of hydrogen-bond donors (Lipinski definition) is 1. The van der Waals surface area contributed by atoms with Gasteiger partial charge in [0.2, 0.25) is 0 Å². The predicted octanol–water partition coefficient (Wildman–Crippen LogP) is 5.84. The van der Waals surface area contributed by atoms with E-state index >= 15 is 0 Å². The van der Waals surface area contributed by atoms with Gasteiger partial charge in [-0.2, -0.15) is 0 Å². The molecule has 1 N–H and O–H groups in total. The number of amides is 1. The third kappa shape index (κ3) is 4.07. The van der Waals surface area contributed by atoms with Gasteiger partial charge in [0.25, 0.3) is 5.91 Å². The van der Waals surface area contributed by atoms with Crippen LogP contribution in [0.3, 0.4) is 0 Å². The average molecular weight is 448 g/mol. The average Bonchev–Trinajstić information content (AvgIpc) is 3.07. The molecule has 6 heteroatoms. The zero-order valence-corrected chi connectivity index (χ0v) is 20.5. The fraction of sp³-hybridized carbons (Fsp3) is 0.308. The van der Waals surface area contributed by atoms with Crippen LogP contribution in [-0.4, -0.2) is 30.8 Å². The number of hydrogen-bond acceptors (Lipinski definition) is 5. The van der Waals surface area contributed by atoms with Gasteiger partial charge in [0.15, 0.2) is 5.17 Å². The molecule has 0 aromatic heterocycles. The Kier molecular flexibility index (Phi) is 5.67. The van der Waals surface area contributed by atoms with Crippen molar-refractivity contribution in [3.63, 3.8) is 0 Å². The summed E-state index contributed by atoms with van der Waals surface area (Å²) in [5.74, 6) is 0.587. The molecule has 166 valence electrons. The Hall–Kier alpha value is -2.99. The van der Waals surface area contributed by atoms with Crippen molar-refractivity contribution in [2.75, 3.05) is 19.1 Å². The SMILES string of the molecule is COc1cc2c(cc1/C=C1/SC(=Nc3ccc(C)c(C)c3)NC1=O)C(C)=CC(C)(C)N2C. The van der Waals surface area contributed by atoms with E-state index in [0.717, 1.165) is 28.3 Å². The monoisotopic (exact) mass is 447 g/mol. The van der Waals surface area contributed by atoms with Crippen LogP contribution in [-0.2, 0) is 4.79 Å². The third-order valence-electron chi connectivity index (χ3n) is 6.23. The fourth-order valence-corrected chi connectivity index (χ4v) is 4.85. The maximum absolute atomic E-state index is 12.6. The van der Waals surface area contributed by atoms with Gasteiger partial charge in [-0.25, -0.2) is 4.99 Å². The Labute approximate surface area is 194 Å². The lowest BCUT2D eigenvalue weighted by Crippen LogP contribution is -2.42. The van der Waals surface area contributed by atoms with Gasteiger partial charge in [0.05, 0.1) is 23.2 Å². The summed E-state index contributed by atoms with van der Waals surface area (Å²) in [5, 5.41) is 3.46. The molecule has 0 bridgehead atoms. The second kappa shape index (κ2) is 8.17. The molecule has 0 atom stereocenters. The van der Waals surface area contributed by atoms with Gasteiger partial charge in [-0.05, 0) is 87.4 Å². The van der Waals surface area contributed by atoms with Gasteiger partial charge >= 0.3 is 0 Å². The first-order valence-corrected chi connectivity index (χ1v) is 11.4. The molecule has 0 spiro atoms. The molecule has 1 saturated heterocycles. The molecule has 2 aliphatic rings. The minimum atomic E-state index is -0.150. The highest BCUT2D eigenvalue weighted by Gasteiger charge is 2.30. The molecule has 1 amide bonds. The van der Waals surface area contributed by atoms with E-state index in [1.165, 1.54) is 28.5 Å². The molecular weight excluding hydrogens is 418 g/mol. The number of benzene rings is 2. The van der Waals surface area contributed by atoms with E-state index in [9.17, 15) is 4.79 Å². The third-order valence-corrected chi connectivity index (χ3v) is 7.14. The number of thioether (sulfide) groups is 1. The number of aliphatic imine (C=N–C) groups is 1. The Balaban J connectivity index is 1.69. The summed E-state index contributed by atoms with van der Waals surface area (Å²) >= 11 is 1.35. The summed E-state index contributed by atoms with van der Waals surface area (Å²) in [4.78, 5) is 20.1. The minimum Gasteiger partial charge on any atom is -0.496 e. The number of carbonyl (C=O) groups excluding carboxylic acids is 1. The quantitative estimate of drug-likeness (QED) is 0.601. The molecule has 2 aromatic carbocycles. The summed E-state index contributed by atoms with van der Waals surface area (Å²) < 4.78 is 5.69. The zero-order valence-electron chi connectivity index (χ0n) is 19.7. The molecule has 0 unspecified atom stereocenters. The number of carbonyl (C=O) groups is 1. The van der Waals surface area contributed by atoms with Crippen molar-refractivity contribution in [1.82, 2.24) is 5.32 Å². The highest BCUT2D eigenvalue weighted by molar-refractivity contribution is 8.18. The lowest BCUT2D eigenvalue weighted by molar-refractivity contribution is -0.115. The van der Waals surface area contributed by atoms with Crippen molar-refractivity contribution in [1.29, 1.82) is 0 Å². The number of allylic oxidation sites excluding steroid dienone is 1. The van der Waals surface area contributed by atoms with Crippen LogP contribution in [0.25, 0.3) is 11.6 Å². The fourth-order valence-electron chi connectivity index (χ4n) is 4.02. The van der Waals surface area contributed by atoms with Crippen LogP contribution in [0.15, 0.2) is 46.3 Å². The Morgan fingerprint density at radius 3 is 2.56 bits per heavy atom. The summed E-state index contributed by atoms with van der Waals surface area (Å²) in [5.41, 5.74) is 7.49. The number of rotatable bonds is 3. The number of methoxy groups -OCH3 is 1. The van der Waals surface area contributed by atoms with Crippen molar-refractivity contribution < 1.29 is 9.53 Å². The van der Waals surface area contributed by atoms with Crippen molar-refractivity contribution in [3.05, 3.63) is 63.6 Å². The van der Waals surface area contributed by atoms with Crippen molar-refractivity contribution in [2.45, 2.75) is 40.2 Å². The van der Waals surface area contributed by atoms with Crippen molar-refractivity contribution >= 4 is 45.9 Å². The number of nitrogens with one attached hydrogen (secondary N) is 1. The van der Waals surface area contributed by atoms with Crippen LogP contribution in [0.4, 0.5) is 11.4 Å². The summed E-state index contributed by atoms with van der Waals surface area (Å²) in [7, 11) is 3.75. The first-order valence-electron chi connectivity index (χ1n) is 10.6. The standard InChI is InChI=1S/C26H29N3O2S/c1-15-8-9-19(10-16(15)2)27-25-28-24(30)23(32-25)12-18-11-20-17(3)14-26(4,5)29(6)21(20)13-22(18)31-7/h8-14H,1-7H3,(H,27,28,30)/b23-12+. The van der Waals surface area contributed by atoms with Crippen LogP contribution >= 0.6 is 11.8 Å². The number of nitrogens with zero attached hydrogens (tertiary/aromatic N) is 2. The van der Waals surface area contributed by atoms with Crippen LogP contribution in [0, 0.1) is 13.8 Å². The van der Waals surface area contributed by atoms with Gasteiger partial charge in [0.1, 0.15) is 5.75 Å². The van der Waals surface area contributed by atoms with Crippen LogP contribution in [0.1, 0.15) is 43.0 Å². The van der Waals surface area contributed by atoms with Crippen LogP contribution < -0.4 is 15.0 Å². The smallest absolute Gasteiger partial charge is 0.264 e. The van der Waals surface area contributed by atoms with Crippen molar-refractivity contribution in [3.8, 4) is 5.75 Å². The highest BCUT2D eigenvalue weighted by Crippen LogP contribution is 2.42. The predicted molar refractivity (Wildman–Crippen MR) is 136 cm³/mol. The number of fused-ring (bicyclic) bond motifs is 1. The lowest BCUT2D eigenvalue weighted by atomic mass is 9.88. The van der Waals surface area contributed by atoms with E-state index in [2.05, 4.69) is 75.1 Å². The Bertz CT molecular complexity index is 1210. The van der Waals surface area contributed by atoms with Gasteiger partial charge < -0.3 is 15.0 Å². The van der Waals surface area contributed by atoms with Crippen LogP contribution in [0.5, 0.6) is 5.75 Å². The number of amidine groups is 1. The molecule has 2 aromatic rings. The first-order chi connectivity index (χ1) is 15.1. The summed E-state index contributed by atoms with van der Waals surface area (Å²) in [6.45, 7) is 10.6. The van der Waals surface area contributed by atoms with Gasteiger partial charge in [0, 0.05) is 29.9 Å². The van der Waals surface area contributed by atoms with E-state index < -0.39 is 0 Å². The van der Waals surface area contributed by atoms with E-state index in [-0.39, 0.29) is 11.4 Å². The Morgan fingerprint density at radius 1 is 1.12 bits per heavy atom. The second-order valence-corrected chi connectivity index (χ2v) is 9.93. The molecule has 5 nitrogen and oxygen atoms in total. The first kappa shape index (κ1) is 22.2. The molecule has 4 rings (SSSR count).